The molecule has 1 N–H and O–H groups in total. The van der Waals surface area contributed by atoms with E-state index in [-0.39, 0.29) is 5.91 Å². The highest BCUT2D eigenvalue weighted by atomic mass is 16.2. The molecule has 0 bridgehead atoms. The summed E-state index contributed by atoms with van der Waals surface area (Å²) in [6.45, 7) is 5.65. The lowest BCUT2D eigenvalue weighted by atomic mass is 9.91. The van der Waals surface area contributed by atoms with Crippen LogP contribution in [0.15, 0.2) is 6.20 Å². The highest BCUT2D eigenvalue weighted by molar-refractivity contribution is 5.92. The summed E-state index contributed by atoms with van der Waals surface area (Å²) in [6, 6.07) is 1.15. The number of carbonyl (C=O) groups is 1. The van der Waals surface area contributed by atoms with Crippen LogP contribution in [0.4, 0.5) is 0 Å². The molecule has 3 fully saturated rings. The fourth-order valence-electron chi connectivity index (χ4n) is 3.83. The summed E-state index contributed by atoms with van der Waals surface area (Å²) in [5, 5.41) is 11.7. The summed E-state index contributed by atoms with van der Waals surface area (Å²) in [6.07, 6.45) is 7.98. The summed E-state index contributed by atoms with van der Waals surface area (Å²) in [5.41, 5.74) is 0.501. The summed E-state index contributed by atoms with van der Waals surface area (Å²) >= 11 is 0. The van der Waals surface area contributed by atoms with Gasteiger partial charge in [-0.05, 0) is 38.8 Å². The van der Waals surface area contributed by atoms with Gasteiger partial charge >= 0.3 is 0 Å². The zero-order valence-corrected chi connectivity index (χ0v) is 13.7. The minimum Gasteiger partial charge on any atom is -0.335 e. The van der Waals surface area contributed by atoms with E-state index in [2.05, 4.69) is 20.5 Å². The van der Waals surface area contributed by atoms with Gasteiger partial charge in [-0.3, -0.25) is 9.69 Å². The second-order valence-electron chi connectivity index (χ2n) is 6.98. The van der Waals surface area contributed by atoms with Crippen LogP contribution in [0.5, 0.6) is 0 Å². The van der Waals surface area contributed by atoms with Crippen molar-refractivity contribution in [2.75, 3.05) is 39.3 Å². The zero-order chi connectivity index (χ0) is 15.6. The summed E-state index contributed by atoms with van der Waals surface area (Å²) in [5.74, 6) is 0.0402. The van der Waals surface area contributed by atoms with Gasteiger partial charge in [-0.25, -0.2) is 4.68 Å². The van der Waals surface area contributed by atoms with Crippen molar-refractivity contribution in [3.05, 3.63) is 11.9 Å². The molecule has 0 radical (unpaired) electrons. The van der Waals surface area contributed by atoms with Crippen molar-refractivity contribution in [1.29, 1.82) is 0 Å². The SMILES string of the molecule is O=C(c1cn(C2CCNCC2)nn1)N1CCN(C2CCC2)CC1. The van der Waals surface area contributed by atoms with E-state index in [0.717, 1.165) is 58.2 Å². The Kier molecular flexibility index (Phi) is 4.31. The number of hydrogen-bond acceptors (Lipinski definition) is 5. The number of aromatic nitrogens is 3. The third kappa shape index (κ3) is 3.12. The minimum absolute atomic E-state index is 0.0402. The number of hydrogen-bond donors (Lipinski definition) is 1. The van der Waals surface area contributed by atoms with E-state index in [9.17, 15) is 4.79 Å². The minimum atomic E-state index is 0.0402. The molecule has 3 aliphatic rings. The molecule has 2 aliphatic heterocycles. The van der Waals surface area contributed by atoms with E-state index < -0.39 is 0 Å². The van der Waals surface area contributed by atoms with Crippen molar-refractivity contribution in [1.82, 2.24) is 30.1 Å². The number of carbonyl (C=O) groups excluding carboxylic acids is 1. The van der Waals surface area contributed by atoms with Crippen molar-refractivity contribution in [2.24, 2.45) is 0 Å². The van der Waals surface area contributed by atoms with Crippen LogP contribution in [0.1, 0.15) is 48.6 Å². The standard InChI is InChI=1S/C16H26N6O/c23-16(21-10-8-20(9-11-21)13-2-1-3-13)15-12-22(19-18-15)14-4-6-17-7-5-14/h12-14,17H,1-11H2. The zero-order valence-electron chi connectivity index (χ0n) is 13.7. The summed E-state index contributed by atoms with van der Waals surface area (Å²) in [4.78, 5) is 17.1. The molecule has 126 valence electrons. The summed E-state index contributed by atoms with van der Waals surface area (Å²) in [7, 11) is 0. The number of nitrogens with zero attached hydrogens (tertiary/aromatic N) is 5. The molecule has 0 unspecified atom stereocenters. The van der Waals surface area contributed by atoms with Gasteiger partial charge in [-0.15, -0.1) is 5.10 Å². The van der Waals surface area contributed by atoms with Crippen molar-refractivity contribution in [3.8, 4) is 0 Å². The maximum absolute atomic E-state index is 12.6. The smallest absolute Gasteiger partial charge is 0.276 e. The van der Waals surface area contributed by atoms with Crippen LogP contribution in [-0.2, 0) is 0 Å². The molecule has 1 aromatic rings. The Balaban J connectivity index is 1.34. The molecule has 7 heteroatoms. The van der Waals surface area contributed by atoms with Gasteiger partial charge in [0.25, 0.3) is 5.91 Å². The lowest BCUT2D eigenvalue weighted by Crippen LogP contribution is -2.53. The van der Waals surface area contributed by atoms with Gasteiger partial charge < -0.3 is 10.2 Å². The number of rotatable bonds is 3. The highest BCUT2D eigenvalue weighted by Crippen LogP contribution is 2.25. The second kappa shape index (κ2) is 6.57. The first-order chi connectivity index (χ1) is 11.3. The van der Waals surface area contributed by atoms with Crippen LogP contribution in [-0.4, -0.2) is 76.0 Å². The Morgan fingerprint density at radius 1 is 1.04 bits per heavy atom. The lowest BCUT2D eigenvalue weighted by Gasteiger charge is -2.42. The van der Waals surface area contributed by atoms with E-state index in [0.29, 0.717) is 11.7 Å². The average Bonchev–Trinajstić information content (AvgIpc) is 3.04. The van der Waals surface area contributed by atoms with Crippen LogP contribution in [0.3, 0.4) is 0 Å². The Bertz CT molecular complexity index is 541. The molecule has 1 amide bonds. The van der Waals surface area contributed by atoms with Gasteiger partial charge in [0.15, 0.2) is 5.69 Å². The molecular formula is C16H26N6O. The number of piperidine rings is 1. The van der Waals surface area contributed by atoms with Gasteiger partial charge in [0.2, 0.25) is 0 Å². The topological polar surface area (TPSA) is 66.3 Å². The first kappa shape index (κ1) is 15.1. The molecule has 4 rings (SSSR count). The monoisotopic (exact) mass is 318 g/mol. The summed E-state index contributed by atoms with van der Waals surface area (Å²) < 4.78 is 1.89. The lowest BCUT2D eigenvalue weighted by molar-refractivity contribution is 0.0451. The van der Waals surface area contributed by atoms with Crippen molar-refractivity contribution in [2.45, 2.75) is 44.2 Å². The van der Waals surface area contributed by atoms with Crippen molar-refractivity contribution < 1.29 is 4.79 Å². The molecule has 2 saturated heterocycles. The highest BCUT2D eigenvalue weighted by Gasteiger charge is 2.30. The van der Waals surface area contributed by atoms with Crippen LogP contribution in [0, 0.1) is 0 Å². The molecule has 1 saturated carbocycles. The molecule has 1 aliphatic carbocycles. The molecule has 0 atom stereocenters. The first-order valence-corrected chi connectivity index (χ1v) is 8.97. The van der Waals surface area contributed by atoms with Crippen molar-refractivity contribution >= 4 is 5.91 Å². The van der Waals surface area contributed by atoms with Gasteiger partial charge in [0, 0.05) is 32.2 Å². The number of nitrogens with one attached hydrogen (secondary N) is 1. The maximum atomic E-state index is 12.6. The van der Waals surface area contributed by atoms with Crippen LogP contribution >= 0.6 is 0 Å². The van der Waals surface area contributed by atoms with Crippen LogP contribution in [0.2, 0.25) is 0 Å². The van der Waals surface area contributed by atoms with Gasteiger partial charge in [0.05, 0.1) is 12.2 Å². The Labute approximate surface area is 137 Å². The van der Waals surface area contributed by atoms with E-state index in [1.807, 2.05) is 15.8 Å². The normalized spacial score (nSPS) is 24.6. The van der Waals surface area contributed by atoms with E-state index in [1.165, 1.54) is 19.3 Å². The molecular weight excluding hydrogens is 292 g/mol. The molecule has 7 nitrogen and oxygen atoms in total. The first-order valence-electron chi connectivity index (χ1n) is 8.97. The average molecular weight is 318 g/mol. The predicted molar refractivity (Wildman–Crippen MR) is 86.3 cm³/mol. The van der Waals surface area contributed by atoms with Crippen molar-refractivity contribution in [3.63, 3.8) is 0 Å². The van der Waals surface area contributed by atoms with E-state index in [1.54, 1.807) is 0 Å². The Morgan fingerprint density at radius 3 is 2.43 bits per heavy atom. The third-order valence-electron chi connectivity index (χ3n) is 5.60. The van der Waals surface area contributed by atoms with E-state index >= 15 is 0 Å². The number of piperazine rings is 1. The quantitative estimate of drug-likeness (QED) is 0.880. The molecule has 23 heavy (non-hydrogen) atoms. The van der Waals surface area contributed by atoms with Crippen LogP contribution < -0.4 is 5.32 Å². The molecule has 1 aromatic heterocycles. The maximum Gasteiger partial charge on any atom is 0.276 e. The van der Waals surface area contributed by atoms with Gasteiger partial charge in [0.1, 0.15) is 0 Å². The molecule has 0 aromatic carbocycles. The fourth-order valence-corrected chi connectivity index (χ4v) is 3.83. The van der Waals surface area contributed by atoms with Crippen LogP contribution in [0.25, 0.3) is 0 Å². The molecule has 0 spiro atoms. The van der Waals surface area contributed by atoms with Gasteiger partial charge in [-0.1, -0.05) is 11.6 Å². The Morgan fingerprint density at radius 2 is 1.78 bits per heavy atom. The largest absolute Gasteiger partial charge is 0.335 e. The second-order valence-corrected chi connectivity index (χ2v) is 6.98. The fraction of sp³-hybridized carbons (Fsp3) is 0.812. The van der Waals surface area contributed by atoms with E-state index in [4.69, 9.17) is 0 Å². The Hall–Kier alpha value is -1.47. The van der Waals surface area contributed by atoms with Gasteiger partial charge in [-0.2, -0.15) is 0 Å². The predicted octanol–water partition coefficient (Wildman–Crippen LogP) is 0.513. The number of amides is 1. The third-order valence-corrected chi connectivity index (χ3v) is 5.60. The molecule has 3 heterocycles.